The molecule has 4 rings (SSSR count). The van der Waals surface area contributed by atoms with Crippen molar-refractivity contribution in [3.05, 3.63) is 53.3 Å². The standard InChI is InChI=1S/C30H33F9O/c1-2-3-17-4-6-18(7-5-17)19-8-10-20(11-9-19)21-12-13-23(24(31)14-21)22-15-25(32)27(26(33)16-22)40-30(38,39)28(34)29(35,36)37/h12-20,28H,2-11H2,1H3. The van der Waals surface area contributed by atoms with Crippen LogP contribution < -0.4 is 4.74 Å². The molecule has 1 nitrogen and oxygen atoms in total. The molecule has 2 aliphatic carbocycles. The molecule has 1 atom stereocenters. The Bertz CT molecular complexity index is 1120. The third-order valence-electron chi connectivity index (χ3n) is 8.62. The smallest absolute Gasteiger partial charge is 0.424 e. The van der Waals surface area contributed by atoms with Gasteiger partial charge in [0.1, 0.15) is 5.82 Å². The fourth-order valence-electron chi connectivity index (χ4n) is 6.49. The molecular formula is C30H33F9O. The Morgan fingerprint density at radius 1 is 0.775 bits per heavy atom. The van der Waals surface area contributed by atoms with Crippen LogP contribution in [0, 0.1) is 35.2 Å². The Morgan fingerprint density at radius 2 is 1.32 bits per heavy atom. The summed E-state index contributed by atoms with van der Waals surface area (Å²) in [5.74, 6) is -3.92. The van der Waals surface area contributed by atoms with Gasteiger partial charge in [0, 0.05) is 5.56 Å². The maximum absolute atomic E-state index is 15.1. The first-order valence-electron chi connectivity index (χ1n) is 13.9. The Balaban J connectivity index is 1.41. The third kappa shape index (κ3) is 6.90. The van der Waals surface area contributed by atoms with Gasteiger partial charge in [0.2, 0.25) is 0 Å². The Labute approximate surface area is 228 Å². The van der Waals surface area contributed by atoms with E-state index in [-0.39, 0.29) is 17.0 Å². The highest BCUT2D eigenvalue weighted by Gasteiger charge is 2.59. The largest absolute Gasteiger partial charge is 0.439 e. The van der Waals surface area contributed by atoms with Crippen molar-refractivity contribution < 1.29 is 44.3 Å². The van der Waals surface area contributed by atoms with Crippen LogP contribution in [0.25, 0.3) is 11.1 Å². The normalized spacial score (nSPS) is 25.1. The van der Waals surface area contributed by atoms with E-state index in [9.17, 15) is 35.1 Å². The number of ether oxygens (including phenoxy) is 1. The Kier molecular flexibility index (Phi) is 9.35. The number of benzene rings is 2. The highest BCUT2D eigenvalue weighted by atomic mass is 19.4. The van der Waals surface area contributed by atoms with Crippen LogP contribution in [0.4, 0.5) is 39.5 Å². The minimum Gasteiger partial charge on any atom is -0.424 e. The molecule has 0 radical (unpaired) electrons. The van der Waals surface area contributed by atoms with Gasteiger partial charge in [-0.2, -0.15) is 22.0 Å². The summed E-state index contributed by atoms with van der Waals surface area (Å²) in [5.41, 5.74) is 0.161. The van der Waals surface area contributed by atoms with Crippen LogP contribution in [0.5, 0.6) is 5.75 Å². The highest BCUT2D eigenvalue weighted by Crippen LogP contribution is 2.45. The number of halogens is 9. The second-order valence-corrected chi connectivity index (χ2v) is 11.3. The fraction of sp³-hybridized carbons (Fsp3) is 0.600. The Hall–Kier alpha value is -2.39. The highest BCUT2D eigenvalue weighted by molar-refractivity contribution is 5.66. The SMILES string of the molecule is CCCC1CCC(C2CCC(c3ccc(-c4cc(F)c(OC(F)(F)C(F)C(F)(F)F)c(F)c4)c(F)c3)CC2)CC1. The monoisotopic (exact) mass is 580 g/mol. The maximum atomic E-state index is 15.1. The Morgan fingerprint density at radius 3 is 1.82 bits per heavy atom. The fourth-order valence-corrected chi connectivity index (χ4v) is 6.49. The van der Waals surface area contributed by atoms with E-state index in [4.69, 9.17) is 0 Å². The zero-order chi connectivity index (χ0) is 29.2. The van der Waals surface area contributed by atoms with E-state index in [2.05, 4.69) is 11.7 Å². The first kappa shape index (κ1) is 30.6. The van der Waals surface area contributed by atoms with Gasteiger partial charge in [-0.25, -0.2) is 17.6 Å². The van der Waals surface area contributed by atoms with Gasteiger partial charge in [-0.15, -0.1) is 0 Å². The average molecular weight is 581 g/mol. The molecule has 10 heteroatoms. The van der Waals surface area contributed by atoms with Gasteiger partial charge in [-0.1, -0.05) is 44.7 Å². The van der Waals surface area contributed by atoms with Gasteiger partial charge < -0.3 is 4.74 Å². The van der Waals surface area contributed by atoms with Gasteiger partial charge in [0.05, 0.1) is 0 Å². The van der Waals surface area contributed by atoms with Crippen LogP contribution in [0.3, 0.4) is 0 Å². The molecular weight excluding hydrogens is 547 g/mol. The van der Waals surface area contributed by atoms with Gasteiger partial charge >= 0.3 is 12.3 Å². The van der Waals surface area contributed by atoms with Crippen molar-refractivity contribution >= 4 is 0 Å². The maximum Gasteiger partial charge on any atom is 0.439 e. The molecule has 0 aliphatic heterocycles. The summed E-state index contributed by atoms with van der Waals surface area (Å²) in [6.45, 7) is 2.23. The molecule has 1 unspecified atom stereocenters. The van der Waals surface area contributed by atoms with Crippen molar-refractivity contribution in [2.24, 2.45) is 17.8 Å². The number of hydrogen-bond acceptors (Lipinski definition) is 1. The van der Waals surface area contributed by atoms with E-state index < -0.39 is 41.7 Å². The van der Waals surface area contributed by atoms with Gasteiger partial charge in [0.15, 0.2) is 17.4 Å². The molecule has 2 fully saturated rings. The topological polar surface area (TPSA) is 9.23 Å². The second kappa shape index (κ2) is 12.2. The molecule has 0 heterocycles. The van der Waals surface area contributed by atoms with E-state index >= 15 is 4.39 Å². The molecule has 222 valence electrons. The summed E-state index contributed by atoms with van der Waals surface area (Å²) in [7, 11) is 0. The molecule has 2 aliphatic rings. The first-order chi connectivity index (χ1) is 18.8. The van der Waals surface area contributed by atoms with E-state index in [0.717, 1.165) is 43.1 Å². The summed E-state index contributed by atoms with van der Waals surface area (Å²) in [6, 6.07) is 5.19. The van der Waals surface area contributed by atoms with Crippen LogP contribution in [0.1, 0.15) is 82.6 Å². The molecule has 0 N–H and O–H groups in total. The lowest BCUT2D eigenvalue weighted by Gasteiger charge is -2.38. The second-order valence-electron chi connectivity index (χ2n) is 11.3. The lowest BCUT2D eigenvalue weighted by atomic mass is 9.68. The van der Waals surface area contributed by atoms with Crippen LogP contribution in [0.2, 0.25) is 0 Å². The summed E-state index contributed by atoms with van der Waals surface area (Å²) >= 11 is 0. The minimum atomic E-state index is -6.02. The molecule has 2 aromatic carbocycles. The van der Waals surface area contributed by atoms with Crippen LogP contribution >= 0.6 is 0 Å². The predicted molar refractivity (Wildman–Crippen MR) is 133 cm³/mol. The number of alkyl halides is 6. The summed E-state index contributed by atoms with van der Waals surface area (Å²) in [5, 5.41) is 0. The molecule has 0 saturated heterocycles. The summed E-state index contributed by atoms with van der Waals surface area (Å²) in [6.07, 6.45) is -4.79. The predicted octanol–water partition coefficient (Wildman–Crippen LogP) is 10.5. The van der Waals surface area contributed by atoms with Crippen molar-refractivity contribution in [2.45, 2.75) is 95.5 Å². The van der Waals surface area contributed by atoms with Crippen molar-refractivity contribution in [3.8, 4) is 16.9 Å². The molecule has 0 bridgehead atoms. The lowest BCUT2D eigenvalue weighted by Crippen LogP contribution is -2.46. The molecule has 2 aromatic rings. The van der Waals surface area contributed by atoms with Gasteiger partial charge in [-0.3, -0.25) is 0 Å². The molecule has 0 spiro atoms. The van der Waals surface area contributed by atoms with Gasteiger partial charge in [-0.05, 0) is 91.5 Å². The van der Waals surface area contributed by atoms with Crippen molar-refractivity contribution in [3.63, 3.8) is 0 Å². The van der Waals surface area contributed by atoms with Crippen LogP contribution in [-0.4, -0.2) is 18.5 Å². The zero-order valence-electron chi connectivity index (χ0n) is 22.2. The third-order valence-corrected chi connectivity index (χ3v) is 8.62. The van der Waals surface area contributed by atoms with Crippen molar-refractivity contribution in [2.75, 3.05) is 0 Å². The first-order valence-corrected chi connectivity index (χ1v) is 13.9. The van der Waals surface area contributed by atoms with Crippen molar-refractivity contribution in [1.29, 1.82) is 0 Å². The van der Waals surface area contributed by atoms with Gasteiger partial charge in [0.25, 0.3) is 6.17 Å². The summed E-state index contributed by atoms with van der Waals surface area (Å²) in [4.78, 5) is 0. The van der Waals surface area contributed by atoms with E-state index in [1.54, 1.807) is 6.07 Å². The molecule has 2 saturated carbocycles. The van der Waals surface area contributed by atoms with E-state index in [1.165, 1.54) is 50.7 Å². The zero-order valence-corrected chi connectivity index (χ0v) is 22.2. The van der Waals surface area contributed by atoms with Crippen molar-refractivity contribution in [1.82, 2.24) is 0 Å². The van der Waals surface area contributed by atoms with Crippen LogP contribution in [-0.2, 0) is 0 Å². The van der Waals surface area contributed by atoms with E-state index in [0.29, 0.717) is 18.1 Å². The molecule has 40 heavy (non-hydrogen) atoms. The average Bonchev–Trinajstić information content (AvgIpc) is 2.90. The number of hydrogen-bond donors (Lipinski definition) is 0. The van der Waals surface area contributed by atoms with Crippen LogP contribution in [0.15, 0.2) is 30.3 Å². The minimum absolute atomic E-state index is 0.144. The van der Waals surface area contributed by atoms with E-state index in [1.807, 2.05) is 0 Å². The quantitative estimate of drug-likeness (QED) is 0.282. The lowest BCUT2D eigenvalue weighted by molar-refractivity contribution is -0.306. The number of rotatable bonds is 8. The molecule has 0 aromatic heterocycles. The molecule has 0 amide bonds. The summed E-state index contributed by atoms with van der Waals surface area (Å²) < 4.78 is 124.